The first kappa shape index (κ1) is 10.5. The number of benzene rings is 1. The van der Waals surface area contributed by atoms with E-state index in [4.69, 9.17) is 4.42 Å². The Hall–Kier alpha value is -1.61. The van der Waals surface area contributed by atoms with Crippen molar-refractivity contribution in [1.82, 2.24) is 10.3 Å². The lowest BCUT2D eigenvalue weighted by atomic mass is 9.93. The highest BCUT2D eigenvalue weighted by Crippen LogP contribution is 2.31. The third-order valence-electron chi connectivity index (χ3n) is 3.31. The summed E-state index contributed by atoms with van der Waals surface area (Å²) < 4.78 is 5.41. The van der Waals surface area contributed by atoms with E-state index in [9.17, 15) is 0 Å². The molecule has 1 aromatic carbocycles. The van der Waals surface area contributed by atoms with Crippen LogP contribution in [0.2, 0.25) is 0 Å². The van der Waals surface area contributed by atoms with Crippen LogP contribution in [0, 0.1) is 0 Å². The zero-order valence-electron chi connectivity index (χ0n) is 9.73. The van der Waals surface area contributed by atoms with Crippen molar-refractivity contribution in [3.05, 3.63) is 42.3 Å². The first-order valence-corrected chi connectivity index (χ1v) is 6.17. The summed E-state index contributed by atoms with van der Waals surface area (Å²) in [6, 6.07) is 8.80. The predicted molar refractivity (Wildman–Crippen MR) is 66.5 cm³/mol. The van der Waals surface area contributed by atoms with Gasteiger partial charge in [0.25, 0.3) is 0 Å². The second-order valence-electron chi connectivity index (χ2n) is 4.43. The second-order valence-corrected chi connectivity index (χ2v) is 4.43. The maximum Gasteiger partial charge on any atom is 0.226 e. The molecule has 1 fully saturated rings. The molecule has 88 valence electrons. The van der Waals surface area contributed by atoms with Crippen LogP contribution in [0.15, 0.2) is 41.1 Å². The van der Waals surface area contributed by atoms with Crippen molar-refractivity contribution in [2.45, 2.75) is 25.3 Å². The van der Waals surface area contributed by atoms with Crippen molar-refractivity contribution >= 4 is 0 Å². The molecule has 1 aliphatic rings. The normalized spacial score (nSPS) is 20.4. The molecule has 0 radical (unpaired) electrons. The van der Waals surface area contributed by atoms with E-state index in [0.29, 0.717) is 11.9 Å². The monoisotopic (exact) mass is 228 g/mol. The van der Waals surface area contributed by atoms with Crippen LogP contribution in [0.5, 0.6) is 0 Å². The third kappa shape index (κ3) is 2.11. The highest BCUT2D eigenvalue weighted by atomic mass is 16.3. The Labute approximate surface area is 101 Å². The first-order chi connectivity index (χ1) is 8.45. The van der Waals surface area contributed by atoms with Crippen LogP contribution in [-0.2, 0) is 0 Å². The Bertz CT molecular complexity index is 473. The Balaban J connectivity index is 1.98. The van der Waals surface area contributed by atoms with Gasteiger partial charge in [0.05, 0.1) is 6.20 Å². The molecule has 3 heteroatoms. The maximum atomic E-state index is 5.41. The van der Waals surface area contributed by atoms with Gasteiger partial charge < -0.3 is 9.73 Å². The summed E-state index contributed by atoms with van der Waals surface area (Å²) in [5.74, 6) is 0.716. The quantitative estimate of drug-likeness (QED) is 0.858. The fourth-order valence-electron chi connectivity index (χ4n) is 2.47. The minimum absolute atomic E-state index is 0.437. The van der Waals surface area contributed by atoms with Crippen LogP contribution in [0.1, 0.15) is 30.9 Å². The van der Waals surface area contributed by atoms with E-state index < -0.39 is 0 Å². The average Bonchev–Trinajstić information content (AvgIpc) is 2.94. The van der Waals surface area contributed by atoms with Gasteiger partial charge in [0.1, 0.15) is 6.26 Å². The van der Waals surface area contributed by atoms with Crippen LogP contribution in [0.4, 0.5) is 0 Å². The zero-order valence-corrected chi connectivity index (χ0v) is 9.73. The molecule has 0 saturated carbocycles. The number of rotatable bonds is 2. The Morgan fingerprint density at radius 1 is 1.24 bits per heavy atom. The van der Waals surface area contributed by atoms with E-state index in [1.54, 1.807) is 12.5 Å². The lowest BCUT2D eigenvalue weighted by Gasteiger charge is -2.25. The predicted octanol–water partition coefficient (Wildman–Crippen LogP) is 3.16. The lowest BCUT2D eigenvalue weighted by molar-refractivity contribution is 0.412. The molecule has 1 unspecified atom stereocenters. The van der Waals surface area contributed by atoms with Gasteiger partial charge in [0.15, 0.2) is 0 Å². The van der Waals surface area contributed by atoms with Crippen molar-refractivity contribution in [1.29, 1.82) is 0 Å². The summed E-state index contributed by atoms with van der Waals surface area (Å²) in [4.78, 5) is 4.25. The molecule has 1 saturated heterocycles. The summed E-state index contributed by atoms with van der Waals surface area (Å²) in [6.45, 7) is 1.10. The summed E-state index contributed by atoms with van der Waals surface area (Å²) >= 11 is 0. The van der Waals surface area contributed by atoms with Gasteiger partial charge in [-0.2, -0.15) is 0 Å². The summed E-state index contributed by atoms with van der Waals surface area (Å²) in [6.07, 6.45) is 7.08. The number of nitrogens with one attached hydrogen (secondary N) is 1. The molecular formula is C14H16N2O. The van der Waals surface area contributed by atoms with Crippen LogP contribution < -0.4 is 5.32 Å². The number of aromatic nitrogens is 1. The Kier molecular flexibility index (Phi) is 2.92. The molecule has 1 N–H and O–H groups in total. The molecule has 1 aromatic heterocycles. The molecule has 0 spiro atoms. The molecule has 2 aromatic rings. The van der Waals surface area contributed by atoms with E-state index in [-0.39, 0.29) is 0 Å². The molecule has 0 amide bonds. The van der Waals surface area contributed by atoms with Gasteiger partial charge in [-0.1, -0.05) is 24.6 Å². The SMILES string of the molecule is c1ccc(C2CCCCN2)c(-c2ncco2)c1. The second kappa shape index (κ2) is 4.72. The molecular weight excluding hydrogens is 212 g/mol. The largest absolute Gasteiger partial charge is 0.445 e. The molecule has 3 nitrogen and oxygen atoms in total. The molecule has 1 aliphatic heterocycles. The molecule has 1 atom stereocenters. The highest BCUT2D eigenvalue weighted by Gasteiger charge is 2.19. The van der Waals surface area contributed by atoms with Gasteiger partial charge in [0, 0.05) is 11.6 Å². The van der Waals surface area contributed by atoms with E-state index in [1.165, 1.54) is 24.8 Å². The fraction of sp³-hybridized carbons (Fsp3) is 0.357. The fourth-order valence-corrected chi connectivity index (χ4v) is 2.47. The van der Waals surface area contributed by atoms with Crippen molar-refractivity contribution in [3.8, 4) is 11.5 Å². The number of oxazole rings is 1. The number of piperidine rings is 1. The van der Waals surface area contributed by atoms with Crippen LogP contribution in [0.3, 0.4) is 0 Å². The third-order valence-corrected chi connectivity index (χ3v) is 3.31. The molecule has 17 heavy (non-hydrogen) atoms. The first-order valence-electron chi connectivity index (χ1n) is 6.17. The van der Waals surface area contributed by atoms with Crippen molar-refractivity contribution in [3.63, 3.8) is 0 Å². The standard InChI is InChI=1S/C14H16N2O/c1-2-6-12(14-16-9-10-17-14)11(5-1)13-7-3-4-8-15-13/h1-2,5-6,9-10,13,15H,3-4,7-8H2. The summed E-state index contributed by atoms with van der Waals surface area (Å²) in [7, 11) is 0. The Morgan fingerprint density at radius 3 is 2.94 bits per heavy atom. The van der Waals surface area contributed by atoms with Crippen molar-refractivity contribution in [2.24, 2.45) is 0 Å². The average molecular weight is 228 g/mol. The minimum Gasteiger partial charge on any atom is -0.445 e. The molecule has 0 aliphatic carbocycles. The van der Waals surface area contributed by atoms with Crippen LogP contribution in [-0.4, -0.2) is 11.5 Å². The van der Waals surface area contributed by atoms with Gasteiger partial charge in [-0.25, -0.2) is 4.98 Å². The van der Waals surface area contributed by atoms with Gasteiger partial charge in [-0.05, 0) is 31.0 Å². The van der Waals surface area contributed by atoms with E-state index in [1.807, 2.05) is 6.07 Å². The maximum absolute atomic E-state index is 5.41. The molecule has 3 rings (SSSR count). The van der Waals surface area contributed by atoms with Gasteiger partial charge in [-0.15, -0.1) is 0 Å². The number of nitrogens with zero attached hydrogens (tertiary/aromatic N) is 1. The van der Waals surface area contributed by atoms with Crippen molar-refractivity contribution < 1.29 is 4.42 Å². The smallest absolute Gasteiger partial charge is 0.226 e. The lowest BCUT2D eigenvalue weighted by Crippen LogP contribution is -2.27. The minimum atomic E-state index is 0.437. The summed E-state index contributed by atoms with van der Waals surface area (Å²) in [5, 5.41) is 3.57. The number of hydrogen-bond donors (Lipinski definition) is 1. The molecule has 2 heterocycles. The van der Waals surface area contributed by atoms with E-state index >= 15 is 0 Å². The Morgan fingerprint density at radius 2 is 2.18 bits per heavy atom. The number of hydrogen-bond acceptors (Lipinski definition) is 3. The van der Waals surface area contributed by atoms with Gasteiger partial charge in [0.2, 0.25) is 5.89 Å². The van der Waals surface area contributed by atoms with Gasteiger partial charge in [-0.3, -0.25) is 0 Å². The van der Waals surface area contributed by atoms with Gasteiger partial charge >= 0.3 is 0 Å². The van der Waals surface area contributed by atoms with E-state index in [0.717, 1.165) is 12.1 Å². The topological polar surface area (TPSA) is 38.1 Å². The van der Waals surface area contributed by atoms with Crippen molar-refractivity contribution in [2.75, 3.05) is 6.54 Å². The van der Waals surface area contributed by atoms with E-state index in [2.05, 4.69) is 28.5 Å². The summed E-state index contributed by atoms with van der Waals surface area (Å²) in [5.41, 5.74) is 2.41. The molecule has 0 bridgehead atoms. The van der Waals surface area contributed by atoms with Crippen LogP contribution in [0.25, 0.3) is 11.5 Å². The zero-order chi connectivity index (χ0) is 11.5. The van der Waals surface area contributed by atoms with Crippen LogP contribution >= 0.6 is 0 Å². The highest BCUT2D eigenvalue weighted by molar-refractivity contribution is 5.59.